The summed E-state index contributed by atoms with van der Waals surface area (Å²) in [6, 6.07) is 0.807. The van der Waals surface area contributed by atoms with Crippen LogP contribution in [0.2, 0.25) is 0 Å². The Bertz CT molecular complexity index is 185. The van der Waals surface area contributed by atoms with E-state index >= 15 is 0 Å². The molecule has 1 aliphatic carbocycles. The van der Waals surface area contributed by atoms with Crippen LogP contribution in [0, 0.1) is 0 Å². The second-order valence-electron chi connectivity index (χ2n) is 4.34. The molecule has 1 aliphatic heterocycles. The van der Waals surface area contributed by atoms with Gasteiger partial charge in [0, 0.05) is 12.6 Å². The second kappa shape index (κ2) is 4.41. The van der Waals surface area contributed by atoms with Gasteiger partial charge in [-0.1, -0.05) is 31.5 Å². The number of likely N-dealkylation sites (tertiary alicyclic amines) is 1. The third-order valence-electron chi connectivity index (χ3n) is 3.38. The minimum Gasteiger partial charge on any atom is -0.363 e. The molecule has 0 aromatic carbocycles. The van der Waals surface area contributed by atoms with E-state index in [0.29, 0.717) is 0 Å². The number of rotatable bonds is 1. The summed E-state index contributed by atoms with van der Waals surface area (Å²) in [5, 5.41) is 0. The summed E-state index contributed by atoms with van der Waals surface area (Å²) in [6.07, 6.45) is 10.9. The SMILES string of the molecule is S=C1CCCCN1C1CCCCC1. The fourth-order valence-corrected chi connectivity index (χ4v) is 2.99. The van der Waals surface area contributed by atoms with Crippen molar-refractivity contribution in [3.63, 3.8) is 0 Å². The number of thiocarbonyl (C=S) groups is 1. The van der Waals surface area contributed by atoms with Gasteiger partial charge in [0.25, 0.3) is 0 Å². The summed E-state index contributed by atoms with van der Waals surface area (Å²) in [7, 11) is 0. The minimum atomic E-state index is 0.807. The molecule has 1 saturated carbocycles. The average Bonchev–Trinajstić information content (AvgIpc) is 2.20. The molecule has 0 unspecified atom stereocenters. The van der Waals surface area contributed by atoms with Gasteiger partial charge < -0.3 is 4.90 Å². The van der Waals surface area contributed by atoms with E-state index < -0.39 is 0 Å². The third kappa shape index (κ3) is 2.22. The predicted molar refractivity (Wildman–Crippen MR) is 60.0 cm³/mol. The van der Waals surface area contributed by atoms with E-state index in [1.165, 1.54) is 62.9 Å². The Morgan fingerprint density at radius 1 is 1.00 bits per heavy atom. The highest BCUT2D eigenvalue weighted by atomic mass is 32.1. The lowest BCUT2D eigenvalue weighted by Gasteiger charge is -2.38. The molecule has 2 rings (SSSR count). The van der Waals surface area contributed by atoms with Gasteiger partial charge in [-0.25, -0.2) is 0 Å². The van der Waals surface area contributed by atoms with Crippen LogP contribution < -0.4 is 0 Å². The highest BCUT2D eigenvalue weighted by Crippen LogP contribution is 2.26. The zero-order valence-corrected chi connectivity index (χ0v) is 9.11. The number of hydrogen-bond acceptors (Lipinski definition) is 1. The van der Waals surface area contributed by atoms with Crippen molar-refractivity contribution in [1.82, 2.24) is 4.90 Å². The summed E-state index contributed by atoms with van der Waals surface area (Å²) < 4.78 is 0. The first kappa shape index (κ1) is 9.45. The maximum atomic E-state index is 5.43. The third-order valence-corrected chi connectivity index (χ3v) is 3.81. The Morgan fingerprint density at radius 3 is 2.46 bits per heavy atom. The van der Waals surface area contributed by atoms with Gasteiger partial charge in [-0.05, 0) is 32.1 Å². The second-order valence-corrected chi connectivity index (χ2v) is 4.81. The van der Waals surface area contributed by atoms with Crippen LogP contribution in [-0.2, 0) is 0 Å². The van der Waals surface area contributed by atoms with Crippen molar-refractivity contribution in [2.45, 2.75) is 57.4 Å². The van der Waals surface area contributed by atoms with Gasteiger partial charge in [0.15, 0.2) is 0 Å². The summed E-state index contributed by atoms with van der Waals surface area (Å²) in [5.74, 6) is 0. The number of hydrogen-bond donors (Lipinski definition) is 0. The van der Waals surface area contributed by atoms with E-state index in [2.05, 4.69) is 4.90 Å². The molecule has 13 heavy (non-hydrogen) atoms. The van der Waals surface area contributed by atoms with Gasteiger partial charge >= 0.3 is 0 Å². The molecule has 1 saturated heterocycles. The van der Waals surface area contributed by atoms with Crippen molar-refractivity contribution in [1.29, 1.82) is 0 Å². The summed E-state index contributed by atoms with van der Waals surface area (Å²) in [6.45, 7) is 1.24. The van der Waals surface area contributed by atoms with Crippen molar-refractivity contribution in [3.05, 3.63) is 0 Å². The molecule has 2 fully saturated rings. The van der Waals surface area contributed by atoms with E-state index in [1.54, 1.807) is 0 Å². The minimum absolute atomic E-state index is 0.807. The van der Waals surface area contributed by atoms with E-state index in [1.807, 2.05) is 0 Å². The quantitative estimate of drug-likeness (QED) is 0.594. The fourth-order valence-electron chi connectivity index (χ4n) is 2.61. The maximum Gasteiger partial charge on any atom is 0.0781 e. The Morgan fingerprint density at radius 2 is 1.77 bits per heavy atom. The molecule has 0 atom stereocenters. The maximum absolute atomic E-state index is 5.43. The fraction of sp³-hybridized carbons (Fsp3) is 0.909. The highest BCUT2D eigenvalue weighted by Gasteiger charge is 2.24. The Balaban J connectivity index is 1.92. The van der Waals surface area contributed by atoms with Crippen LogP contribution in [0.5, 0.6) is 0 Å². The molecular formula is C11H19NS. The van der Waals surface area contributed by atoms with E-state index in [9.17, 15) is 0 Å². The summed E-state index contributed by atoms with van der Waals surface area (Å²) >= 11 is 5.43. The van der Waals surface area contributed by atoms with E-state index in [-0.39, 0.29) is 0 Å². The smallest absolute Gasteiger partial charge is 0.0781 e. The molecule has 0 aromatic heterocycles. The standard InChI is InChI=1S/C11H19NS/c13-11-8-4-5-9-12(11)10-6-2-1-3-7-10/h10H,1-9H2. The molecule has 0 spiro atoms. The van der Waals surface area contributed by atoms with Crippen molar-refractivity contribution in [2.75, 3.05) is 6.54 Å². The van der Waals surface area contributed by atoms with Gasteiger partial charge in [0.1, 0.15) is 0 Å². The topological polar surface area (TPSA) is 3.24 Å². The highest BCUT2D eigenvalue weighted by molar-refractivity contribution is 7.80. The first-order valence-electron chi connectivity index (χ1n) is 5.67. The van der Waals surface area contributed by atoms with Crippen LogP contribution in [-0.4, -0.2) is 22.5 Å². The molecule has 0 radical (unpaired) electrons. The zero-order valence-electron chi connectivity index (χ0n) is 8.30. The van der Waals surface area contributed by atoms with Crippen LogP contribution in [0.3, 0.4) is 0 Å². The zero-order chi connectivity index (χ0) is 9.10. The van der Waals surface area contributed by atoms with Crippen LogP contribution in [0.15, 0.2) is 0 Å². The largest absolute Gasteiger partial charge is 0.363 e. The Labute approximate surface area is 86.5 Å². The van der Waals surface area contributed by atoms with E-state index in [0.717, 1.165) is 6.04 Å². The van der Waals surface area contributed by atoms with Crippen molar-refractivity contribution in [3.8, 4) is 0 Å². The van der Waals surface area contributed by atoms with Crippen LogP contribution in [0.25, 0.3) is 0 Å². The van der Waals surface area contributed by atoms with Crippen molar-refractivity contribution in [2.24, 2.45) is 0 Å². The van der Waals surface area contributed by atoms with E-state index in [4.69, 9.17) is 12.2 Å². The van der Waals surface area contributed by atoms with Crippen LogP contribution in [0.1, 0.15) is 51.4 Å². The molecule has 0 N–H and O–H groups in total. The molecule has 0 aromatic rings. The van der Waals surface area contributed by atoms with Crippen molar-refractivity contribution < 1.29 is 0 Å². The Kier molecular flexibility index (Phi) is 3.20. The summed E-state index contributed by atoms with van der Waals surface area (Å²) in [5.41, 5.74) is 0. The first-order chi connectivity index (χ1) is 6.38. The predicted octanol–water partition coefficient (Wildman–Crippen LogP) is 3.13. The van der Waals surface area contributed by atoms with Gasteiger partial charge in [0.2, 0.25) is 0 Å². The van der Waals surface area contributed by atoms with Gasteiger partial charge in [-0.2, -0.15) is 0 Å². The molecule has 1 heterocycles. The normalized spacial score (nSPS) is 26.5. The number of nitrogens with zero attached hydrogens (tertiary/aromatic N) is 1. The van der Waals surface area contributed by atoms with Gasteiger partial charge in [0.05, 0.1) is 4.99 Å². The molecule has 0 bridgehead atoms. The molecule has 2 heteroatoms. The lowest BCUT2D eigenvalue weighted by Crippen LogP contribution is -2.43. The van der Waals surface area contributed by atoms with Gasteiger partial charge in [-0.3, -0.25) is 0 Å². The van der Waals surface area contributed by atoms with Gasteiger partial charge in [-0.15, -0.1) is 0 Å². The molecule has 1 nitrogen and oxygen atoms in total. The average molecular weight is 197 g/mol. The summed E-state index contributed by atoms with van der Waals surface area (Å²) in [4.78, 5) is 3.77. The molecule has 2 aliphatic rings. The molecule has 74 valence electrons. The molecule has 0 amide bonds. The molecular weight excluding hydrogens is 178 g/mol. The first-order valence-corrected chi connectivity index (χ1v) is 6.08. The Hall–Kier alpha value is -0.110. The monoisotopic (exact) mass is 197 g/mol. The van der Waals surface area contributed by atoms with Crippen molar-refractivity contribution >= 4 is 17.2 Å². The lowest BCUT2D eigenvalue weighted by molar-refractivity contribution is 0.229. The lowest BCUT2D eigenvalue weighted by atomic mass is 9.93. The van der Waals surface area contributed by atoms with Crippen LogP contribution in [0.4, 0.5) is 0 Å². The number of piperidine rings is 1. The van der Waals surface area contributed by atoms with Crippen LogP contribution >= 0.6 is 12.2 Å².